The largest absolute Gasteiger partial charge is 0.383 e. The first-order valence-electron chi connectivity index (χ1n) is 5.49. The van der Waals surface area contributed by atoms with Gasteiger partial charge in [-0.05, 0) is 17.7 Å². The molecule has 19 heavy (non-hydrogen) atoms. The molecule has 7 heteroatoms. The monoisotopic (exact) mass is 310 g/mol. The molecule has 1 rings (SSSR count). The Kier molecular flexibility index (Phi) is 8.67. The highest BCUT2D eigenvalue weighted by Gasteiger charge is 2.14. The molecule has 0 fully saturated rings. The Bertz CT molecular complexity index is 419. The van der Waals surface area contributed by atoms with Crippen molar-refractivity contribution < 1.29 is 13.9 Å². The second kappa shape index (κ2) is 9.09. The molecule has 0 spiro atoms. The molecule has 0 unspecified atom stereocenters. The highest BCUT2D eigenvalue weighted by Crippen LogP contribution is 2.19. The summed E-state index contributed by atoms with van der Waals surface area (Å²) >= 11 is 5.92. The predicted molar refractivity (Wildman–Crippen MR) is 75.0 cm³/mol. The van der Waals surface area contributed by atoms with Crippen molar-refractivity contribution in [2.24, 2.45) is 5.73 Å². The molecule has 0 saturated heterocycles. The molecule has 0 aliphatic carbocycles. The second-order valence-corrected chi connectivity index (χ2v) is 4.16. The molecular formula is C12H17Cl2FN2O2. The van der Waals surface area contributed by atoms with E-state index in [2.05, 4.69) is 0 Å². The van der Waals surface area contributed by atoms with Crippen LogP contribution >= 0.6 is 24.0 Å². The molecule has 0 radical (unpaired) electrons. The van der Waals surface area contributed by atoms with Gasteiger partial charge in [0.2, 0.25) is 5.91 Å². The number of rotatable bonds is 6. The number of hydrogen-bond donors (Lipinski definition) is 1. The summed E-state index contributed by atoms with van der Waals surface area (Å²) in [6.45, 7) is 1.03. The summed E-state index contributed by atoms with van der Waals surface area (Å²) in [6.07, 6.45) is 0. The van der Waals surface area contributed by atoms with E-state index >= 15 is 0 Å². The normalized spacial score (nSPS) is 9.89. The first-order chi connectivity index (χ1) is 8.58. The molecule has 0 atom stereocenters. The second-order valence-electron chi connectivity index (χ2n) is 3.75. The topological polar surface area (TPSA) is 55.6 Å². The van der Waals surface area contributed by atoms with E-state index in [1.165, 1.54) is 17.0 Å². The molecule has 0 bridgehead atoms. The summed E-state index contributed by atoms with van der Waals surface area (Å²) in [6, 6.07) is 4.09. The van der Waals surface area contributed by atoms with Crippen LogP contribution in [0.15, 0.2) is 18.2 Å². The van der Waals surface area contributed by atoms with Crippen LogP contribution in [0.4, 0.5) is 4.39 Å². The van der Waals surface area contributed by atoms with Gasteiger partial charge >= 0.3 is 0 Å². The standard InChI is InChI=1S/C12H16ClFN2O2.ClH/c1-18-5-4-16(12(17)7-15)8-9-2-3-10(14)6-11(9)13;/h2-3,6H,4-5,7-8,15H2,1H3;1H. The van der Waals surface area contributed by atoms with E-state index in [0.717, 1.165) is 0 Å². The van der Waals surface area contributed by atoms with E-state index in [1.807, 2.05) is 0 Å². The van der Waals surface area contributed by atoms with Crippen molar-refractivity contribution in [2.45, 2.75) is 6.54 Å². The molecule has 1 amide bonds. The zero-order valence-electron chi connectivity index (χ0n) is 10.6. The molecule has 0 saturated carbocycles. The van der Waals surface area contributed by atoms with E-state index in [9.17, 15) is 9.18 Å². The molecule has 0 aliphatic rings. The lowest BCUT2D eigenvalue weighted by atomic mass is 10.2. The third-order valence-corrected chi connectivity index (χ3v) is 2.82. The van der Waals surface area contributed by atoms with Gasteiger partial charge in [-0.15, -0.1) is 12.4 Å². The molecule has 0 aliphatic heterocycles. The van der Waals surface area contributed by atoms with Gasteiger partial charge in [0.1, 0.15) is 5.82 Å². The minimum atomic E-state index is -0.405. The summed E-state index contributed by atoms with van der Waals surface area (Å²) < 4.78 is 17.8. The maximum atomic E-state index is 12.9. The molecule has 0 heterocycles. The summed E-state index contributed by atoms with van der Waals surface area (Å²) in [5, 5.41) is 0.294. The SMILES string of the molecule is COCCN(Cc1ccc(F)cc1Cl)C(=O)CN.Cl. The zero-order valence-corrected chi connectivity index (χ0v) is 12.1. The Labute approximate surface area is 123 Å². The minimum Gasteiger partial charge on any atom is -0.383 e. The minimum absolute atomic E-state index is 0. The average Bonchev–Trinajstić information content (AvgIpc) is 2.36. The highest BCUT2D eigenvalue weighted by atomic mass is 35.5. The number of methoxy groups -OCH3 is 1. The van der Waals surface area contributed by atoms with Gasteiger partial charge in [0.15, 0.2) is 0 Å². The van der Waals surface area contributed by atoms with Gasteiger partial charge in [-0.2, -0.15) is 0 Å². The molecular weight excluding hydrogens is 294 g/mol. The highest BCUT2D eigenvalue weighted by molar-refractivity contribution is 6.31. The third-order valence-electron chi connectivity index (χ3n) is 2.47. The number of carbonyl (C=O) groups is 1. The molecule has 1 aromatic rings. The van der Waals surface area contributed by atoms with Crippen LogP contribution in [0.2, 0.25) is 5.02 Å². The molecule has 0 aromatic heterocycles. The Morgan fingerprint density at radius 2 is 2.21 bits per heavy atom. The Hall–Kier alpha value is -0.880. The maximum Gasteiger partial charge on any atom is 0.236 e. The average molecular weight is 311 g/mol. The third kappa shape index (κ3) is 5.74. The smallest absolute Gasteiger partial charge is 0.236 e. The van der Waals surface area contributed by atoms with Crippen molar-refractivity contribution in [1.29, 1.82) is 0 Å². The van der Waals surface area contributed by atoms with Gasteiger partial charge in [0.05, 0.1) is 13.2 Å². The quantitative estimate of drug-likeness (QED) is 0.872. The molecule has 4 nitrogen and oxygen atoms in total. The van der Waals surface area contributed by atoms with Crippen LogP contribution in [0.1, 0.15) is 5.56 Å². The van der Waals surface area contributed by atoms with Crippen LogP contribution in [0.5, 0.6) is 0 Å². The van der Waals surface area contributed by atoms with Crippen molar-refractivity contribution in [3.05, 3.63) is 34.6 Å². The van der Waals surface area contributed by atoms with Crippen LogP contribution in [0.25, 0.3) is 0 Å². The van der Waals surface area contributed by atoms with Crippen LogP contribution in [0.3, 0.4) is 0 Å². The van der Waals surface area contributed by atoms with Gasteiger partial charge < -0.3 is 15.4 Å². The van der Waals surface area contributed by atoms with E-state index in [4.69, 9.17) is 22.1 Å². The summed E-state index contributed by atoms with van der Waals surface area (Å²) in [5.74, 6) is -0.607. The first-order valence-corrected chi connectivity index (χ1v) is 5.87. The van der Waals surface area contributed by atoms with Crippen LogP contribution in [0, 0.1) is 5.82 Å². The van der Waals surface area contributed by atoms with Crippen molar-refractivity contribution in [3.8, 4) is 0 Å². The lowest BCUT2D eigenvalue weighted by Crippen LogP contribution is -2.37. The zero-order chi connectivity index (χ0) is 13.5. The van der Waals surface area contributed by atoms with Crippen molar-refractivity contribution >= 4 is 29.9 Å². The number of ether oxygens (including phenoxy) is 1. The van der Waals surface area contributed by atoms with Gasteiger partial charge in [0.25, 0.3) is 0 Å². The van der Waals surface area contributed by atoms with E-state index in [0.29, 0.717) is 30.3 Å². The number of hydrogen-bond acceptors (Lipinski definition) is 3. The number of carbonyl (C=O) groups excluding carboxylic acids is 1. The van der Waals surface area contributed by atoms with Crippen molar-refractivity contribution in [3.63, 3.8) is 0 Å². The van der Waals surface area contributed by atoms with Crippen LogP contribution in [-0.2, 0) is 16.1 Å². The van der Waals surface area contributed by atoms with Crippen LogP contribution < -0.4 is 5.73 Å². The molecule has 1 aromatic carbocycles. The Balaban J connectivity index is 0.00000324. The number of halogens is 3. The van der Waals surface area contributed by atoms with Gasteiger partial charge in [0, 0.05) is 25.2 Å². The van der Waals surface area contributed by atoms with E-state index in [1.54, 1.807) is 13.2 Å². The fraction of sp³-hybridized carbons (Fsp3) is 0.417. The predicted octanol–water partition coefficient (Wildman–Crippen LogP) is 1.83. The number of nitrogens with zero attached hydrogens (tertiary/aromatic N) is 1. The fourth-order valence-corrected chi connectivity index (χ4v) is 1.71. The van der Waals surface area contributed by atoms with Crippen molar-refractivity contribution in [1.82, 2.24) is 4.90 Å². The first kappa shape index (κ1) is 18.1. The maximum absolute atomic E-state index is 12.9. The Morgan fingerprint density at radius 1 is 1.53 bits per heavy atom. The number of benzene rings is 1. The van der Waals surface area contributed by atoms with Gasteiger partial charge in [-0.25, -0.2) is 4.39 Å². The lowest BCUT2D eigenvalue weighted by Gasteiger charge is -2.22. The summed E-state index contributed by atoms with van der Waals surface area (Å²) in [4.78, 5) is 13.2. The van der Waals surface area contributed by atoms with Crippen LogP contribution in [-0.4, -0.2) is 37.6 Å². The number of amides is 1. The van der Waals surface area contributed by atoms with E-state index < -0.39 is 5.82 Å². The molecule has 108 valence electrons. The number of nitrogens with two attached hydrogens (primary N) is 1. The fourth-order valence-electron chi connectivity index (χ4n) is 1.48. The Morgan fingerprint density at radius 3 is 2.74 bits per heavy atom. The summed E-state index contributed by atoms with van der Waals surface area (Å²) in [5.41, 5.74) is 6.01. The van der Waals surface area contributed by atoms with Gasteiger partial charge in [-0.1, -0.05) is 17.7 Å². The molecule has 2 N–H and O–H groups in total. The lowest BCUT2D eigenvalue weighted by molar-refractivity contribution is -0.130. The summed E-state index contributed by atoms with van der Waals surface area (Å²) in [7, 11) is 1.55. The van der Waals surface area contributed by atoms with Crippen molar-refractivity contribution in [2.75, 3.05) is 26.8 Å². The van der Waals surface area contributed by atoms with E-state index in [-0.39, 0.29) is 24.9 Å². The van der Waals surface area contributed by atoms with Gasteiger partial charge in [-0.3, -0.25) is 4.79 Å².